The first kappa shape index (κ1) is 16.2. The van der Waals surface area contributed by atoms with E-state index >= 15 is 0 Å². The zero-order valence-corrected chi connectivity index (χ0v) is 15.5. The number of nitrogens with one attached hydrogen (secondary N) is 1. The Hall–Kier alpha value is -2.96. The van der Waals surface area contributed by atoms with Gasteiger partial charge in [0.25, 0.3) is 0 Å². The van der Waals surface area contributed by atoms with Crippen LogP contribution in [0.15, 0.2) is 36.8 Å². The zero-order chi connectivity index (χ0) is 18.5. The van der Waals surface area contributed by atoms with E-state index in [1.165, 1.54) is 0 Å². The third-order valence-electron chi connectivity index (χ3n) is 5.57. The smallest absolute Gasteiger partial charge is 0.225 e. The van der Waals surface area contributed by atoms with Crippen molar-refractivity contribution in [3.8, 4) is 0 Å². The second-order valence-corrected chi connectivity index (χ2v) is 7.48. The van der Waals surface area contributed by atoms with Crippen LogP contribution in [0.4, 0.5) is 5.69 Å². The zero-order valence-electron chi connectivity index (χ0n) is 15.5. The summed E-state index contributed by atoms with van der Waals surface area (Å²) < 4.78 is 1.80. The molecule has 7 heteroatoms. The monoisotopic (exact) mass is 362 g/mol. The molecule has 2 aliphatic rings. The molecule has 7 nitrogen and oxygen atoms in total. The van der Waals surface area contributed by atoms with Crippen molar-refractivity contribution in [2.75, 3.05) is 5.32 Å². The number of pyridine rings is 2. The molecule has 1 N–H and O–H groups in total. The molecule has 1 saturated heterocycles. The predicted octanol–water partition coefficient (Wildman–Crippen LogP) is 2.59. The molecule has 1 aliphatic heterocycles. The minimum Gasteiger partial charge on any atom is -0.379 e. The molecule has 0 unspecified atom stereocenters. The van der Waals surface area contributed by atoms with E-state index in [1.54, 1.807) is 17.1 Å². The normalized spacial score (nSPS) is 22.6. The highest BCUT2D eigenvalue weighted by molar-refractivity contribution is 5.92. The van der Waals surface area contributed by atoms with E-state index in [-0.39, 0.29) is 18.0 Å². The van der Waals surface area contributed by atoms with Crippen molar-refractivity contribution >= 4 is 22.6 Å². The molecule has 1 saturated carbocycles. The van der Waals surface area contributed by atoms with Gasteiger partial charge in [0, 0.05) is 43.8 Å². The van der Waals surface area contributed by atoms with Crippen LogP contribution < -0.4 is 5.32 Å². The maximum absolute atomic E-state index is 12.8. The van der Waals surface area contributed by atoms with Crippen molar-refractivity contribution in [1.29, 1.82) is 0 Å². The van der Waals surface area contributed by atoms with Crippen molar-refractivity contribution in [3.63, 3.8) is 0 Å². The lowest BCUT2D eigenvalue weighted by Gasteiger charge is -2.29. The van der Waals surface area contributed by atoms with Crippen LogP contribution >= 0.6 is 0 Å². The third-order valence-corrected chi connectivity index (χ3v) is 5.57. The van der Waals surface area contributed by atoms with Crippen molar-refractivity contribution in [3.05, 3.63) is 48.0 Å². The average molecular weight is 362 g/mol. The van der Waals surface area contributed by atoms with Crippen LogP contribution in [0.2, 0.25) is 0 Å². The molecule has 0 aromatic carbocycles. The maximum Gasteiger partial charge on any atom is 0.225 e. The van der Waals surface area contributed by atoms with Crippen LogP contribution in [0.3, 0.4) is 0 Å². The minimum absolute atomic E-state index is 0.00103. The van der Waals surface area contributed by atoms with E-state index in [4.69, 9.17) is 0 Å². The Bertz CT molecular complexity index is 1010. The summed E-state index contributed by atoms with van der Waals surface area (Å²) >= 11 is 0. The standard InChI is InChI=1S/C20H22N6O/c1-12-18-15(7-9-22-20(18)25(2)24-12)23-16-10-17(27)26(14-5-6-14)19(16)13-4-3-8-21-11-13/h3-4,7-9,11,14,16,19H,5-6,10H2,1-2H3,(H,22,23)/t16-,19+/m1/s1. The fraction of sp³-hybridized carbons (Fsp3) is 0.400. The number of likely N-dealkylation sites (tertiary alicyclic amines) is 1. The number of carbonyl (C=O) groups is 1. The highest BCUT2D eigenvalue weighted by Gasteiger charge is 2.47. The Labute approximate surface area is 157 Å². The van der Waals surface area contributed by atoms with Crippen LogP contribution in [0.1, 0.15) is 36.6 Å². The topological polar surface area (TPSA) is 75.9 Å². The van der Waals surface area contributed by atoms with Gasteiger partial charge in [0.1, 0.15) is 0 Å². The highest BCUT2D eigenvalue weighted by atomic mass is 16.2. The van der Waals surface area contributed by atoms with E-state index in [1.807, 2.05) is 32.3 Å². The summed E-state index contributed by atoms with van der Waals surface area (Å²) in [5.74, 6) is 0.220. The first-order valence-corrected chi connectivity index (χ1v) is 9.39. The van der Waals surface area contributed by atoms with Crippen molar-refractivity contribution in [1.82, 2.24) is 24.6 Å². The van der Waals surface area contributed by atoms with Gasteiger partial charge in [-0.1, -0.05) is 6.07 Å². The Balaban J connectivity index is 1.55. The molecule has 2 fully saturated rings. The van der Waals surface area contributed by atoms with Gasteiger partial charge in [-0.15, -0.1) is 0 Å². The molecule has 1 aliphatic carbocycles. The molecule has 4 heterocycles. The quantitative estimate of drug-likeness (QED) is 0.772. The molecular weight excluding hydrogens is 340 g/mol. The van der Waals surface area contributed by atoms with Crippen molar-refractivity contribution in [2.45, 2.75) is 44.3 Å². The van der Waals surface area contributed by atoms with Gasteiger partial charge in [-0.3, -0.25) is 14.5 Å². The van der Waals surface area contributed by atoms with Crippen LogP contribution in [0, 0.1) is 6.92 Å². The Morgan fingerprint density at radius 1 is 1.22 bits per heavy atom. The van der Waals surface area contributed by atoms with E-state index in [0.29, 0.717) is 12.5 Å². The lowest BCUT2D eigenvalue weighted by atomic mass is 10.0. The first-order valence-electron chi connectivity index (χ1n) is 9.39. The van der Waals surface area contributed by atoms with Gasteiger partial charge in [-0.05, 0) is 37.5 Å². The van der Waals surface area contributed by atoms with Crippen molar-refractivity contribution in [2.24, 2.45) is 7.05 Å². The van der Waals surface area contributed by atoms with E-state index in [0.717, 1.165) is 40.8 Å². The number of aryl methyl sites for hydroxylation is 2. The number of anilines is 1. The van der Waals surface area contributed by atoms with Crippen LogP contribution in [-0.4, -0.2) is 42.6 Å². The first-order chi connectivity index (χ1) is 13.1. The van der Waals surface area contributed by atoms with Crippen molar-refractivity contribution < 1.29 is 4.79 Å². The molecule has 3 aromatic heterocycles. The average Bonchev–Trinajstić information content (AvgIpc) is 3.39. The molecule has 27 heavy (non-hydrogen) atoms. The Morgan fingerprint density at radius 2 is 2.07 bits per heavy atom. The van der Waals surface area contributed by atoms with Gasteiger partial charge in [-0.25, -0.2) is 4.98 Å². The fourth-order valence-corrected chi connectivity index (χ4v) is 4.31. The second-order valence-electron chi connectivity index (χ2n) is 7.48. The molecule has 5 rings (SSSR count). The van der Waals surface area contributed by atoms with Crippen LogP contribution in [-0.2, 0) is 11.8 Å². The molecule has 0 bridgehead atoms. The largest absolute Gasteiger partial charge is 0.379 e. The Kier molecular flexibility index (Phi) is 3.63. The lowest BCUT2D eigenvalue weighted by molar-refractivity contribution is -0.129. The second kappa shape index (κ2) is 6.04. The predicted molar refractivity (Wildman–Crippen MR) is 102 cm³/mol. The molecule has 3 aromatic rings. The molecule has 0 spiro atoms. The summed E-state index contributed by atoms with van der Waals surface area (Å²) in [5, 5.41) is 9.16. The lowest BCUT2D eigenvalue weighted by Crippen LogP contribution is -2.34. The maximum atomic E-state index is 12.8. The minimum atomic E-state index is -0.00694. The van der Waals surface area contributed by atoms with Gasteiger partial charge < -0.3 is 10.2 Å². The number of fused-ring (bicyclic) bond motifs is 1. The Morgan fingerprint density at radius 3 is 2.81 bits per heavy atom. The SMILES string of the molecule is Cc1nn(C)c2nccc(N[C@@H]3CC(=O)N(C4CC4)[C@H]3c3cccnc3)c12. The van der Waals surface area contributed by atoms with E-state index in [9.17, 15) is 4.79 Å². The summed E-state index contributed by atoms with van der Waals surface area (Å²) in [6.07, 6.45) is 8.12. The van der Waals surface area contributed by atoms with E-state index in [2.05, 4.69) is 31.3 Å². The van der Waals surface area contributed by atoms with Gasteiger partial charge in [0.2, 0.25) is 5.91 Å². The molecule has 1 amide bonds. The summed E-state index contributed by atoms with van der Waals surface area (Å²) in [4.78, 5) is 23.6. The number of hydrogen-bond acceptors (Lipinski definition) is 5. The van der Waals surface area contributed by atoms with Gasteiger partial charge in [0.05, 0.1) is 23.2 Å². The summed E-state index contributed by atoms with van der Waals surface area (Å²) in [6, 6.07) is 6.34. The van der Waals surface area contributed by atoms with Gasteiger partial charge in [0.15, 0.2) is 5.65 Å². The third kappa shape index (κ3) is 2.65. The molecule has 2 atom stereocenters. The number of aromatic nitrogens is 4. The van der Waals surface area contributed by atoms with Crippen LogP contribution in [0.25, 0.3) is 11.0 Å². The number of hydrogen-bond donors (Lipinski definition) is 1. The van der Waals surface area contributed by atoms with Crippen LogP contribution in [0.5, 0.6) is 0 Å². The van der Waals surface area contributed by atoms with Gasteiger partial charge >= 0.3 is 0 Å². The number of carbonyl (C=O) groups excluding carboxylic acids is 1. The molecule has 138 valence electrons. The van der Waals surface area contributed by atoms with E-state index < -0.39 is 0 Å². The highest BCUT2D eigenvalue weighted by Crippen LogP contribution is 2.43. The molecular formula is C20H22N6O. The summed E-state index contributed by atoms with van der Waals surface area (Å²) in [5.41, 5.74) is 3.85. The summed E-state index contributed by atoms with van der Waals surface area (Å²) in [7, 11) is 1.90. The fourth-order valence-electron chi connectivity index (χ4n) is 4.31. The number of nitrogens with zero attached hydrogens (tertiary/aromatic N) is 5. The summed E-state index contributed by atoms with van der Waals surface area (Å²) in [6.45, 7) is 1.99. The number of rotatable bonds is 4. The molecule has 0 radical (unpaired) electrons. The van der Waals surface area contributed by atoms with Gasteiger partial charge in [-0.2, -0.15) is 5.10 Å². The number of amides is 1.